The molecule has 0 fully saturated rings. The van der Waals surface area contributed by atoms with Gasteiger partial charge < -0.3 is 9.30 Å². The largest absolute Gasteiger partial charge is 0.465 e. The fraction of sp³-hybridized carbons (Fsp3) is 0.222. The molecule has 24 heavy (non-hydrogen) atoms. The fourth-order valence-electron chi connectivity index (χ4n) is 2.70. The van der Waals surface area contributed by atoms with Gasteiger partial charge in [0.25, 0.3) is 0 Å². The van der Waals surface area contributed by atoms with Crippen molar-refractivity contribution in [1.29, 1.82) is 0 Å². The molecule has 3 aromatic rings. The van der Waals surface area contributed by atoms with Gasteiger partial charge in [0.2, 0.25) is 0 Å². The van der Waals surface area contributed by atoms with Gasteiger partial charge in [0, 0.05) is 12.1 Å². The van der Waals surface area contributed by atoms with E-state index in [4.69, 9.17) is 0 Å². The maximum absolute atomic E-state index is 14.9. The van der Waals surface area contributed by atoms with Gasteiger partial charge >= 0.3 is 11.9 Å². The van der Waals surface area contributed by atoms with Crippen molar-refractivity contribution in [3.63, 3.8) is 0 Å². The van der Waals surface area contributed by atoms with E-state index in [1.165, 1.54) is 35.9 Å². The number of benzene rings is 2. The van der Waals surface area contributed by atoms with E-state index in [1.54, 1.807) is 31.2 Å². The van der Waals surface area contributed by atoms with Crippen LogP contribution >= 0.6 is 0 Å². The average Bonchev–Trinajstić information content (AvgIpc) is 3.00. The normalized spacial score (nSPS) is 11.7. The molecule has 0 saturated carbocycles. The van der Waals surface area contributed by atoms with Crippen LogP contribution < -0.4 is 0 Å². The maximum Gasteiger partial charge on any atom is 0.337 e. The fourth-order valence-corrected chi connectivity index (χ4v) is 2.70. The van der Waals surface area contributed by atoms with Gasteiger partial charge in [0.15, 0.2) is 5.82 Å². The van der Waals surface area contributed by atoms with Gasteiger partial charge in [-0.05, 0) is 25.1 Å². The van der Waals surface area contributed by atoms with Crippen LogP contribution in [0.5, 0.6) is 0 Å². The van der Waals surface area contributed by atoms with E-state index in [0.717, 1.165) is 0 Å². The van der Waals surface area contributed by atoms with Crippen molar-refractivity contribution < 1.29 is 18.3 Å². The molecule has 6 heteroatoms. The van der Waals surface area contributed by atoms with E-state index >= 15 is 0 Å². The van der Waals surface area contributed by atoms with E-state index in [1.807, 2.05) is 0 Å². The molecule has 0 aliphatic rings. The summed E-state index contributed by atoms with van der Waals surface area (Å²) in [6.45, 7) is 2.06. The number of alkyl halides is 2. The molecule has 0 saturated heterocycles. The monoisotopic (exact) mass is 330 g/mol. The molecule has 0 N–H and O–H groups in total. The third-order valence-corrected chi connectivity index (χ3v) is 3.90. The minimum atomic E-state index is -3.23. The highest BCUT2D eigenvalue weighted by Crippen LogP contribution is 2.36. The summed E-state index contributed by atoms with van der Waals surface area (Å²) in [4.78, 5) is 15.8. The molecule has 0 amide bonds. The lowest BCUT2D eigenvalue weighted by Gasteiger charge is -2.17. The first-order valence-corrected chi connectivity index (χ1v) is 7.51. The summed E-state index contributed by atoms with van der Waals surface area (Å²) >= 11 is 0. The third kappa shape index (κ3) is 2.54. The van der Waals surface area contributed by atoms with E-state index < -0.39 is 11.9 Å². The molecule has 2 aromatic carbocycles. The Balaban J connectivity index is 2.20. The van der Waals surface area contributed by atoms with Crippen molar-refractivity contribution in [3.8, 4) is 0 Å². The van der Waals surface area contributed by atoms with E-state index in [9.17, 15) is 13.6 Å². The highest BCUT2D eigenvalue weighted by molar-refractivity contribution is 5.93. The number of rotatable bonds is 4. The smallest absolute Gasteiger partial charge is 0.337 e. The molecule has 4 nitrogen and oxygen atoms in total. The second-order valence-electron chi connectivity index (χ2n) is 5.32. The number of hydrogen-bond donors (Lipinski definition) is 0. The van der Waals surface area contributed by atoms with Crippen LogP contribution in [0, 0.1) is 0 Å². The summed E-state index contributed by atoms with van der Waals surface area (Å²) in [5, 5.41) is 0. The first-order chi connectivity index (χ1) is 11.5. The van der Waals surface area contributed by atoms with Crippen LogP contribution in [0.2, 0.25) is 0 Å². The van der Waals surface area contributed by atoms with Gasteiger partial charge in [0.1, 0.15) is 0 Å². The van der Waals surface area contributed by atoms with Crippen LogP contribution in [0.4, 0.5) is 8.78 Å². The number of ether oxygens (including phenoxy) is 1. The number of carbonyl (C=O) groups excluding carboxylic acids is 1. The van der Waals surface area contributed by atoms with Gasteiger partial charge in [-0.2, -0.15) is 8.78 Å². The van der Waals surface area contributed by atoms with Crippen molar-refractivity contribution in [3.05, 3.63) is 65.5 Å². The highest BCUT2D eigenvalue weighted by atomic mass is 19.3. The lowest BCUT2D eigenvalue weighted by atomic mass is 10.1. The molecule has 1 heterocycles. The lowest BCUT2D eigenvalue weighted by Crippen LogP contribution is -2.21. The molecule has 0 bridgehead atoms. The molecule has 0 atom stereocenters. The highest BCUT2D eigenvalue weighted by Gasteiger charge is 2.39. The van der Waals surface area contributed by atoms with Crippen LogP contribution in [0.3, 0.4) is 0 Å². The molecule has 0 aliphatic carbocycles. The summed E-state index contributed by atoms with van der Waals surface area (Å²) in [7, 11) is 1.28. The van der Waals surface area contributed by atoms with Gasteiger partial charge in [-0.1, -0.05) is 30.3 Å². The number of esters is 1. The minimum Gasteiger partial charge on any atom is -0.465 e. The summed E-state index contributed by atoms with van der Waals surface area (Å²) in [6.07, 6.45) is 0. The molecule has 0 aliphatic heterocycles. The van der Waals surface area contributed by atoms with Gasteiger partial charge in [0.05, 0.1) is 23.7 Å². The first kappa shape index (κ1) is 16.1. The number of hydrogen-bond acceptors (Lipinski definition) is 3. The third-order valence-electron chi connectivity index (χ3n) is 3.90. The summed E-state index contributed by atoms with van der Waals surface area (Å²) in [5.74, 6) is -4.09. The molecule has 0 radical (unpaired) electrons. The number of aromatic nitrogens is 2. The number of nitrogens with zero attached hydrogens (tertiary/aromatic N) is 2. The number of aryl methyl sites for hydroxylation is 1. The summed E-state index contributed by atoms with van der Waals surface area (Å²) in [6, 6.07) is 12.2. The minimum absolute atomic E-state index is 0.122. The van der Waals surface area contributed by atoms with Crippen LogP contribution in [-0.4, -0.2) is 22.6 Å². The zero-order valence-electron chi connectivity index (χ0n) is 13.3. The Bertz CT molecular complexity index is 889. The average molecular weight is 330 g/mol. The molecule has 0 spiro atoms. The Labute approximate surface area is 137 Å². The van der Waals surface area contributed by atoms with E-state index in [-0.39, 0.29) is 11.4 Å². The number of imidazole rings is 1. The zero-order chi connectivity index (χ0) is 17.3. The Kier molecular flexibility index (Phi) is 4.05. The lowest BCUT2D eigenvalue weighted by molar-refractivity contribution is 0.0296. The molecule has 1 aromatic heterocycles. The summed E-state index contributed by atoms with van der Waals surface area (Å²) in [5.41, 5.74) is 1.07. The van der Waals surface area contributed by atoms with Crippen LogP contribution in [0.15, 0.2) is 48.5 Å². The number of halogens is 2. The summed E-state index contributed by atoms with van der Waals surface area (Å²) < 4.78 is 36.0. The number of methoxy groups -OCH3 is 1. The number of carbonyl (C=O) groups is 1. The van der Waals surface area contributed by atoms with Gasteiger partial charge in [-0.3, -0.25) is 0 Å². The van der Waals surface area contributed by atoms with Crippen LogP contribution in [0.25, 0.3) is 11.0 Å². The second-order valence-corrected chi connectivity index (χ2v) is 5.32. The maximum atomic E-state index is 14.9. The van der Waals surface area contributed by atoms with Crippen LogP contribution in [0.1, 0.15) is 28.7 Å². The predicted octanol–water partition coefficient (Wildman–Crippen LogP) is 3.98. The molecular formula is C18H16F2N2O2. The Hall–Kier alpha value is -2.76. The Morgan fingerprint density at radius 3 is 2.54 bits per heavy atom. The predicted molar refractivity (Wildman–Crippen MR) is 86.2 cm³/mol. The quantitative estimate of drug-likeness (QED) is 0.680. The molecule has 124 valence electrons. The van der Waals surface area contributed by atoms with Crippen molar-refractivity contribution >= 4 is 17.0 Å². The zero-order valence-corrected chi connectivity index (χ0v) is 13.3. The molecule has 3 rings (SSSR count). The van der Waals surface area contributed by atoms with Gasteiger partial charge in [-0.15, -0.1) is 0 Å². The van der Waals surface area contributed by atoms with E-state index in [0.29, 0.717) is 23.1 Å². The van der Waals surface area contributed by atoms with Crippen molar-refractivity contribution in [1.82, 2.24) is 9.55 Å². The molecule has 0 unspecified atom stereocenters. The van der Waals surface area contributed by atoms with Crippen LogP contribution in [-0.2, 0) is 17.2 Å². The standard InChI is InChI=1S/C18H16F2N2O2/c1-3-22-15-11-12(16(23)24-2)9-10-14(15)21-17(22)18(19,20)13-7-5-4-6-8-13/h4-11H,3H2,1-2H3. The number of fused-ring (bicyclic) bond motifs is 1. The van der Waals surface area contributed by atoms with Crippen molar-refractivity contribution in [2.75, 3.05) is 7.11 Å². The molecular weight excluding hydrogens is 314 g/mol. The van der Waals surface area contributed by atoms with E-state index in [2.05, 4.69) is 9.72 Å². The first-order valence-electron chi connectivity index (χ1n) is 7.51. The topological polar surface area (TPSA) is 44.1 Å². The second kappa shape index (κ2) is 6.03. The van der Waals surface area contributed by atoms with Crippen molar-refractivity contribution in [2.24, 2.45) is 0 Å². The van der Waals surface area contributed by atoms with Crippen molar-refractivity contribution in [2.45, 2.75) is 19.4 Å². The Morgan fingerprint density at radius 2 is 1.92 bits per heavy atom. The van der Waals surface area contributed by atoms with Gasteiger partial charge in [-0.25, -0.2) is 9.78 Å². The SMILES string of the molecule is CCn1c(C(F)(F)c2ccccc2)nc2ccc(C(=O)OC)cc21. The Morgan fingerprint density at radius 1 is 1.21 bits per heavy atom.